The maximum absolute atomic E-state index is 10.3. The molecule has 0 aliphatic rings. The summed E-state index contributed by atoms with van der Waals surface area (Å²) in [6.45, 7) is 1.22. The first-order valence-electron chi connectivity index (χ1n) is 5.39. The molecule has 0 unspecified atom stereocenters. The van der Waals surface area contributed by atoms with E-state index in [-0.39, 0.29) is 30.7 Å². The Morgan fingerprint density at radius 3 is 2.06 bits per heavy atom. The summed E-state index contributed by atoms with van der Waals surface area (Å²) < 4.78 is 30.9. The number of rotatable bonds is 9. The first kappa shape index (κ1) is 20.9. The van der Waals surface area contributed by atoms with Crippen molar-refractivity contribution < 1.29 is 46.2 Å². The topological polar surface area (TPSA) is 121 Å². The molecule has 0 saturated carbocycles. The van der Waals surface area contributed by atoms with Crippen LogP contribution in [0.2, 0.25) is 6.04 Å². The second-order valence-electron chi connectivity index (χ2n) is 4.15. The van der Waals surface area contributed by atoms with Gasteiger partial charge >= 0.3 is 27.7 Å². The molecule has 0 aromatic heterocycles. The molecular weight excluding hydrogens is 273 g/mol. The molecule has 0 aliphatic heterocycles. The molecule has 7 nitrogen and oxygen atoms in total. The Labute approximate surface area is 121 Å². The molecule has 0 spiro atoms. The minimum Gasteiger partial charge on any atom is -0.748 e. The van der Waals surface area contributed by atoms with Crippen LogP contribution in [0.25, 0.3) is 0 Å². The summed E-state index contributed by atoms with van der Waals surface area (Å²) >= 11 is 0. The van der Waals surface area contributed by atoms with E-state index in [1.165, 1.54) is 0 Å². The van der Waals surface area contributed by atoms with E-state index in [2.05, 4.69) is 0 Å². The van der Waals surface area contributed by atoms with Crippen molar-refractivity contribution in [1.29, 1.82) is 0 Å². The SMILES string of the molecule is CN(CCCCS(=O)(=O)[O-])CCC[Si](O)(O)O.[Li+]. The van der Waals surface area contributed by atoms with Crippen LogP contribution in [0.5, 0.6) is 0 Å². The van der Waals surface area contributed by atoms with Crippen LogP contribution in [0, 0.1) is 0 Å². The first-order chi connectivity index (χ1) is 7.60. The predicted molar refractivity (Wildman–Crippen MR) is 63.1 cm³/mol. The summed E-state index contributed by atoms with van der Waals surface area (Å²) in [5.41, 5.74) is 0. The molecule has 104 valence electrons. The monoisotopic (exact) mass is 293 g/mol. The van der Waals surface area contributed by atoms with Crippen molar-refractivity contribution in [2.75, 3.05) is 25.9 Å². The van der Waals surface area contributed by atoms with Gasteiger partial charge in [0.2, 0.25) is 0 Å². The second-order valence-corrected chi connectivity index (χ2v) is 7.72. The third-order valence-electron chi connectivity index (χ3n) is 2.24. The predicted octanol–water partition coefficient (Wildman–Crippen LogP) is -4.45. The smallest absolute Gasteiger partial charge is 0.748 e. The van der Waals surface area contributed by atoms with Crippen LogP contribution in [0.15, 0.2) is 0 Å². The molecule has 18 heavy (non-hydrogen) atoms. The van der Waals surface area contributed by atoms with Crippen molar-refractivity contribution in [3.05, 3.63) is 0 Å². The van der Waals surface area contributed by atoms with Gasteiger partial charge in [-0.3, -0.25) is 0 Å². The molecule has 10 heteroatoms. The molecule has 0 aromatic rings. The van der Waals surface area contributed by atoms with E-state index in [0.29, 0.717) is 32.4 Å². The summed E-state index contributed by atoms with van der Waals surface area (Å²) in [7, 11) is -6.25. The third-order valence-corrected chi connectivity index (χ3v) is 4.05. The Bertz CT molecular complexity index is 307. The Balaban J connectivity index is 0. The standard InChI is InChI=1S/C8H21NO6SSi.Li/c1-9(6-4-8-17(13,14)15)5-2-3-7-16(10,11)12;/h13-15H,2-8H2,1H3,(H,10,11,12);/q;+1/p-1. The minimum absolute atomic E-state index is 0. The Morgan fingerprint density at radius 1 is 1.11 bits per heavy atom. The van der Waals surface area contributed by atoms with Gasteiger partial charge in [-0.2, -0.15) is 0 Å². The van der Waals surface area contributed by atoms with Crippen LogP contribution in [-0.2, 0) is 10.1 Å². The van der Waals surface area contributed by atoms with E-state index >= 15 is 0 Å². The number of nitrogens with zero attached hydrogens (tertiary/aromatic N) is 1. The number of hydrogen-bond donors (Lipinski definition) is 3. The molecule has 0 fully saturated rings. The Hall–Kier alpha value is 0.564. The normalized spacial score (nSPS) is 12.6. The van der Waals surface area contributed by atoms with Crippen molar-refractivity contribution in [3.8, 4) is 0 Å². The van der Waals surface area contributed by atoms with Crippen molar-refractivity contribution in [2.24, 2.45) is 0 Å². The van der Waals surface area contributed by atoms with E-state index in [9.17, 15) is 13.0 Å². The van der Waals surface area contributed by atoms with Gasteiger partial charge in [0.05, 0.1) is 10.1 Å². The van der Waals surface area contributed by atoms with Gasteiger partial charge in [0.15, 0.2) is 0 Å². The zero-order valence-electron chi connectivity index (χ0n) is 10.9. The second kappa shape index (κ2) is 9.47. The summed E-state index contributed by atoms with van der Waals surface area (Å²) in [5, 5.41) is 0. The molecule has 3 N–H and O–H groups in total. The molecule has 0 bridgehead atoms. The van der Waals surface area contributed by atoms with Crippen LogP contribution in [0.3, 0.4) is 0 Å². The maximum Gasteiger partial charge on any atom is 1.00 e. The summed E-state index contributed by atoms with van der Waals surface area (Å²) in [4.78, 5) is 28.2. The van der Waals surface area contributed by atoms with E-state index in [1.54, 1.807) is 7.05 Å². The van der Waals surface area contributed by atoms with Crippen LogP contribution < -0.4 is 18.9 Å². The van der Waals surface area contributed by atoms with E-state index < -0.39 is 18.9 Å². The fourth-order valence-electron chi connectivity index (χ4n) is 1.36. The van der Waals surface area contributed by atoms with Gasteiger partial charge in [0, 0.05) is 11.8 Å². The van der Waals surface area contributed by atoms with Crippen molar-refractivity contribution in [3.63, 3.8) is 0 Å². The Morgan fingerprint density at radius 2 is 1.61 bits per heavy atom. The minimum atomic E-state index is -4.12. The molecule has 0 rings (SSSR count). The van der Waals surface area contributed by atoms with Crippen molar-refractivity contribution in [2.45, 2.75) is 25.3 Å². The van der Waals surface area contributed by atoms with Crippen LogP contribution in [-0.4, -0.2) is 67.0 Å². The van der Waals surface area contributed by atoms with E-state index in [0.717, 1.165) is 0 Å². The summed E-state index contributed by atoms with van der Waals surface area (Å²) in [6, 6.07) is -0.00766. The molecule has 0 radical (unpaired) electrons. The van der Waals surface area contributed by atoms with Crippen LogP contribution in [0.1, 0.15) is 19.3 Å². The number of unbranched alkanes of at least 4 members (excludes halogenated alkanes) is 1. The van der Waals surface area contributed by atoms with Crippen molar-refractivity contribution >= 4 is 18.9 Å². The zero-order chi connectivity index (χ0) is 13.5. The molecule has 0 aromatic carbocycles. The van der Waals surface area contributed by atoms with Gasteiger partial charge in [-0.05, 0) is 39.4 Å². The fraction of sp³-hybridized carbons (Fsp3) is 1.00. The molecule has 0 aliphatic carbocycles. The van der Waals surface area contributed by atoms with Gasteiger partial charge in [0.1, 0.15) is 0 Å². The van der Waals surface area contributed by atoms with E-state index in [4.69, 9.17) is 14.4 Å². The zero-order valence-corrected chi connectivity index (χ0v) is 12.7. The average molecular weight is 293 g/mol. The summed E-state index contributed by atoms with van der Waals surface area (Å²) in [6.07, 6.45) is 1.39. The van der Waals surface area contributed by atoms with Gasteiger partial charge in [-0.1, -0.05) is 0 Å². The maximum atomic E-state index is 10.3. The van der Waals surface area contributed by atoms with Gasteiger partial charge in [-0.15, -0.1) is 0 Å². The molecule has 0 saturated heterocycles. The third kappa shape index (κ3) is 16.6. The Kier molecular flexibility index (Phi) is 11.0. The van der Waals surface area contributed by atoms with Gasteiger partial charge < -0.3 is 23.8 Å². The van der Waals surface area contributed by atoms with Gasteiger partial charge in [0.25, 0.3) is 0 Å². The molecule has 0 atom stereocenters. The average Bonchev–Trinajstić information content (AvgIpc) is 2.09. The van der Waals surface area contributed by atoms with Gasteiger partial charge in [-0.25, -0.2) is 8.42 Å². The quantitative estimate of drug-likeness (QED) is 0.223. The number of hydrogen-bond acceptors (Lipinski definition) is 7. The van der Waals surface area contributed by atoms with Crippen LogP contribution >= 0.6 is 0 Å². The molecule has 0 heterocycles. The van der Waals surface area contributed by atoms with E-state index in [1.807, 2.05) is 4.90 Å². The summed E-state index contributed by atoms with van der Waals surface area (Å²) in [5.74, 6) is -0.346. The largest absolute Gasteiger partial charge is 1.00 e. The van der Waals surface area contributed by atoms with Crippen LogP contribution in [0.4, 0.5) is 0 Å². The fourth-order valence-corrected chi connectivity index (χ4v) is 2.55. The first-order valence-corrected chi connectivity index (χ1v) is 9.02. The molecule has 0 amide bonds. The molecular formula is C8H20LiNO6SSi. The van der Waals surface area contributed by atoms with Crippen molar-refractivity contribution in [1.82, 2.24) is 4.90 Å².